The molecule has 0 unspecified atom stereocenters. The Morgan fingerprint density at radius 1 is 0.895 bits per heavy atom. The Labute approximate surface area is 123 Å². The van der Waals surface area contributed by atoms with E-state index in [-0.39, 0.29) is 42.1 Å². The van der Waals surface area contributed by atoms with Crippen LogP contribution >= 0.6 is 24.8 Å². The molecule has 104 valence electrons. The summed E-state index contributed by atoms with van der Waals surface area (Å²) < 4.78 is 0. The van der Waals surface area contributed by atoms with Gasteiger partial charge in [-0.3, -0.25) is 0 Å². The Balaban J connectivity index is 0.00000162. The van der Waals surface area contributed by atoms with Gasteiger partial charge in [0, 0.05) is 6.54 Å². The van der Waals surface area contributed by atoms with E-state index < -0.39 is 0 Å². The normalized spacial score (nSPS) is 9.05. The number of nitrogen functional groups attached to an aromatic ring is 3. The molecule has 0 radical (unpaired) electrons. The van der Waals surface area contributed by atoms with Crippen molar-refractivity contribution in [3.05, 3.63) is 35.9 Å². The van der Waals surface area contributed by atoms with Gasteiger partial charge < -0.3 is 22.5 Å². The molecule has 0 amide bonds. The fraction of sp³-hybridized carbons (Fsp3) is 0.0909. The van der Waals surface area contributed by atoms with Gasteiger partial charge in [0.1, 0.15) is 5.69 Å². The zero-order valence-electron chi connectivity index (χ0n) is 10.0. The monoisotopic (exact) mass is 302 g/mol. The standard InChI is InChI=1S/C11H14N6.2ClH/c12-8-9(13)16-11(17-10(8)14)15-6-7-4-2-1-3-5-7;;/h1-5H,6,12H2,(H5,13,14,15,16,17);2*1H. The van der Waals surface area contributed by atoms with Gasteiger partial charge in [-0.25, -0.2) is 0 Å². The highest BCUT2D eigenvalue weighted by molar-refractivity contribution is 5.85. The number of nitrogens with zero attached hydrogens (tertiary/aromatic N) is 2. The number of hydrogen-bond acceptors (Lipinski definition) is 6. The van der Waals surface area contributed by atoms with Crippen molar-refractivity contribution in [3.8, 4) is 0 Å². The molecular weight excluding hydrogens is 287 g/mol. The minimum Gasteiger partial charge on any atom is -0.393 e. The molecule has 0 aliphatic carbocycles. The average Bonchev–Trinajstić information content (AvgIpc) is 2.34. The van der Waals surface area contributed by atoms with Crippen LogP contribution in [0.5, 0.6) is 0 Å². The van der Waals surface area contributed by atoms with E-state index >= 15 is 0 Å². The first-order valence-electron chi connectivity index (χ1n) is 5.13. The van der Waals surface area contributed by atoms with Gasteiger partial charge in [-0.1, -0.05) is 30.3 Å². The average molecular weight is 303 g/mol. The number of nitrogens with one attached hydrogen (secondary N) is 1. The summed E-state index contributed by atoms with van der Waals surface area (Å²) in [5.41, 5.74) is 18.1. The lowest BCUT2D eigenvalue weighted by Crippen LogP contribution is -2.10. The molecule has 0 saturated heterocycles. The highest BCUT2D eigenvalue weighted by Gasteiger charge is 2.05. The van der Waals surface area contributed by atoms with Crippen molar-refractivity contribution < 1.29 is 0 Å². The maximum absolute atomic E-state index is 5.59. The zero-order valence-corrected chi connectivity index (χ0v) is 11.7. The second kappa shape index (κ2) is 7.50. The molecule has 0 fully saturated rings. The molecular formula is C11H16Cl2N6. The van der Waals surface area contributed by atoms with E-state index in [9.17, 15) is 0 Å². The minimum absolute atomic E-state index is 0. The molecule has 8 heteroatoms. The molecule has 1 heterocycles. The number of aromatic nitrogens is 2. The molecule has 7 N–H and O–H groups in total. The highest BCUT2D eigenvalue weighted by Crippen LogP contribution is 2.19. The molecule has 1 aromatic carbocycles. The van der Waals surface area contributed by atoms with Crippen molar-refractivity contribution in [2.45, 2.75) is 6.54 Å². The van der Waals surface area contributed by atoms with E-state index in [2.05, 4.69) is 15.3 Å². The van der Waals surface area contributed by atoms with E-state index in [0.29, 0.717) is 12.5 Å². The molecule has 2 aromatic rings. The van der Waals surface area contributed by atoms with Gasteiger partial charge in [-0.05, 0) is 5.56 Å². The molecule has 19 heavy (non-hydrogen) atoms. The molecule has 0 atom stereocenters. The van der Waals surface area contributed by atoms with Crippen LogP contribution in [0.25, 0.3) is 0 Å². The van der Waals surface area contributed by atoms with E-state index in [1.165, 1.54) is 0 Å². The summed E-state index contributed by atoms with van der Waals surface area (Å²) in [4.78, 5) is 8.00. The van der Waals surface area contributed by atoms with Crippen LogP contribution in [0, 0.1) is 0 Å². The topological polar surface area (TPSA) is 116 Å². The summed E-state index contributed by atoms with van der Waals surface area (Å²) in [7, 11) is 0. The van der Waals surface area contributed by atoms with Gasteiger partial charge in [-0.15, -0.1) is 24.8 Å². The summed E-state index contributed by atoms with van der Waals surface area (Å²) in [5, 5.41) is 3.03. The molecule has 1 aromatic heterocycles. The van der Waals surface area contributed by atoms with Crippen LogP contribution in [-0.4, -0.2) is 9.97 Å². The van der Waals surface area contributed by atoms with E-state index in [0.717, 1.165) is 5.56 Å². The predicted molar refractivity (Wildman–Crippen MR) is 83.5 cm³/mol. The lowest BCUT2D eigenvalue weighted by Gasteiger charge is -2.08. The molecule has 0 saturated carbocycles. The SMILES string of the molecule is Cl.Cl.Nc1nc(NCc2ccccc2)nc(N)c1N. The quantitative estimate of drug-likeness (QED) is 0.685. The van der Waals surface area contributed by atoms with Gasteiger partial charge in [0.05, 0.1) is 0 Å². The number of benzene rings is 1. The zero-order chi connectivity index (χ0) is 12.3. The molecule has 2 rings (SSSR count). The number of hydrogen-bond donors (Lipinski definition) is 4. The molecule has 0 aliphatic rings. The third-order valence-corrected chi connectivity index (χ3v) is 2.30. The Hall–Kier alpha value is -1.92. The number of rotatable bonds is 3. The van der Waals surface area contributed by atoms with Crippen molar-refractivity contribution in [3.63, 3.8) is 0 Å². The Kier molecular flexibility index (Phi) is 6.74. The third kappa shape index (κ3) is 4.35. The molecule has 0 spiro atoms. The van der Waals surface area contributed by atoms with Crippen LogP contribution in [0.2, 0.25) is 0 Å². The molecule has 0 aliphatic heterocycles. The summed E-state index contributed by atoms with van der Waals surface area (Å²) >= 11 is 0. The largest absolute Gasteiger partial charge is 0.393 e. The third-order valence-electron chi connectivity index (χ3n) is 2.30. The van der Waals surface area contributed by atoms with E-state index in [1.54, 1.807) is 0 Å². The maximum atomic E-state index is 5.59. The highest BCUT2D eigenvalue weighted by atomic mass is 35.5. The number of halogens is 2. The first-order chi connectivity index (χ1) is 8.16. The summed E-state index contributed by atoms with van der Waals surface area (Å²) in [6.45, 7) is 0.601. The van der Waals surface area contributed by atoms with E-state index in [4.69, 9.17) is 17.2 Å². The second-order valence-corrected chi connectivity index (χ2v) is 3.57. The number of nitrogens with two attached hydrogens (primary N) is 3. The second-order valence-electron chi connectivity index (χ2n) is 3.57. The van der Waals surface area contributed by atoms with Gasteiger partial charge in [-0.2, -0.15) is 9.97 Å². The van der Waals surface area contributed by atoms with E-state index in [1.807, 2.05) is 30.3 Å². The first kappa shape index (κ1) is 17.1. The van der Waals surface area contributed by atoms with Crippen LogP contribution in [0.15, 0.2) is 30.3 Å². The summed E-state index contributed by atoms with van der Waals surface area (Å²) in [6.07, 6.45) is 0. The van der Waals surface area contributed by atoms with Crippen LogP contribution in [0.3, 0.4) is 0 Å². The van der Waals surface area contributed by atoms with Crippen molar-refractivity contribution in [1.82, 2.24) is 9.97 Å². The molecule has 6 nitrogen and oxygen atoms in total. The fourth-order valence-corrected chi connectivity index (χ4v) is 1.36. The minimum atomic E-state index is 0. The number of anilines is 4. The Morgan fingerprint density at radius 3 is 1.95 bits per heavy atom. The Bertz CT molecular complexity index is 497. The van der Waals surface area contributed by atoms with Crippen LogP contribution in [0.1, 0.15) is 5.56 Å². The van der Waals surface area contributed by atoms with Gasteiger partial charge in [0.15, 0.2) is 11.6 Å². The van der Waals surface area contributed by atoms with Gasteiger partial charge >= 0.3 is 0 Å². The van der Waals surface area contributed by atoms with Crippen molar-refractivity contribution >= 4 is 48.1 Å². The smallest absolute Gasteiger partial charge is 0.227 e. The molecule has 0 bridgehead atoms. The lowest BCUT2D eigenvalue weighted by atomic mass is 10.2. The first-order valence-corrected chi connectivity index (χ1v) is 5.13. The maximum Gasteiger partial charge on any atom is 0.227 e. The summed E-state index contributed by atoms with van der Waals surface area (Å²) in [6, 6.07) is 9.88. The van der Waals surface area contributed by atoms with Crippen molar-refractivity contribution in [2.24, 2.45) is 0 Å². The van der Waals surface area contributed by atoms with Gasteiger partial charge in [0.25, 0.3) is 0 Å². The van der Waals surface area contributed by atoms with Gasteiger partial charge in [0.2, 0.25) is 5.95 Å². The summed E-state index contributed by atoms with van der Waals surface area (Å²) in [5.74, 6) is 0.749. The van der Waals surface area contributed by atoms with Crippen molar-refractivity contribution in [2.75, 3.05) is 22.5 Å². The van der Waals surface area contributed by atoms with Crippen molar-refractivity contribution in [1.29, 1.82) is 0 Å². The van der Waals surface area contributed by atoms with Crippen LogP contribution in [-0.2, 0) is 6.54 Å². The van der Waals surface area contributed by atoms with Crippen LogP contribution in [0.4, 0.5) is 23.3 Å². The lowest BCUT2D eigenvalue weighted by molar-refractivity contribution is 1.06. The predicted octanol–water partition coefficient (Wildman–Crippen LogP) is 1.68. The fourth-order valence-electron chi connectivity index (χ4n) is 1.36. The van der Waals surface area contributed by atoms with Crippen LogP contribution < -0.4 is 22.5 Å². The Morgan fingerprint density at radius 2 is 1.42 bits per heavy atom.